The van der Waals surface area contributed by atoms with Gasteiger partial charge in [-0.1, -0.05) is 44.2 Å². The first-order valence-electron chi connectivity index (χ1n) is 9.73. The number of nitrogens with one attached hydrogen (secondary N) is 2. The van der Waals surface area contributed by atoms with Crippen LogP contribution in [0.25, 0.3) is 0 Å². The predicted molar refractivity (Wildman–Crippen MR) is 118 cm³/mol. The van der Waals surface area contributed by atoms with E-state index in [9.17, 15) is 13.2 Å². The molecule has 0 fully saturated rings. The first-order chi connectivity index (χ1) is 14.3. The summed E-state index contributed by atoms with van der Waals surface area (Å²) in [7, 11) is -3.91. The lowest BCUT2D eigenvalue weighted by atomic mass is 9.83. The molecular weight excluding hydrogens is 398 g/mol. The van der Waals surface area contributed by atoms with Crippen molar-refractivity contribution in [1.82, 2.24) is 9.71 Å². The molecule has 30 heavy (non-hydrogen) atoms. The number of benzene rings is 2. The van der Waals surface area contributed by atoms with Gasteiger partial charge < -0.3 is 5.32 Å². The number of sulfonamides is 1. The number of anilines is 1. The van der Waals surface area contributed by atoms with Crippen molar-refractivity contribution in [3.8, 4) is 0 Å². The molecule has 156 valence electrons. The second-order valence-corrected chi connectivity index (χ2v) is 9.09. The van der Waals surface area contributed by atoms with Gasteiger partial charge in [-0.15, -0.1) is 0 Å². The van der Waals surface area contributed by atoms with Gasteiger partial charge >= 0.3 is 6.03 Å². The molecule has 2 aromatic carbocycles. The summed E-state index contributed by atoms with van der Waals surface area (Å²) in [5, 5.41) is 2.58. The van der Waals surface area contributed by atoms with Gasteiger partial charge in [0.15, 0.2) is 0 Å². The van der Waals surface area contributed by atoms with Gasteiger partial charge in [-0.05, 0) is 65.8 Å². The molecule has 3 aromatic rings. The minimum Gasteiger partial charge on any atom is -0.307 e. The summed E-state index contributed by atoms with van der Waals surface area (Å²) >= 11 is 0. The maximum atomic E-state index is 12.2. The maximum absolute atomic E-state index is 12.2. The second-order valence-electron chi connectivity index (χ2n) is 7.40. The Morgan fingerprint density at radius 1 is 0.933 bits per heavy atom. The van der Waals surface area contributed by atoms with Crippen molar-refractivity contribution in [2.24, 2.45) is 5.92 Å². The number of amides is 2. The third-order valence-corrected chi connectivity index (χ3v) is 6.23. The quantitative estimate of drug-likeness (QED) is 0.582. The Bertz CT molecular complexity index is 1070. The predicted octanol–water partition coefficient (Wildman–Crippen LogP) is 4.57. The zero-order valence-corrected chi connectivity index (χ0v) is 17.8. The molecule has 1 aromatic heterocycles. The summed E-state index contributed by atoms with van der Waals surface area (Å²) in [5.74, 6) is 0.741. The van der Waals surface area contributed by atoms with Crippen LogP contribution in [-0.4, -0.2) is 19.4 Å². The number of carbonyl (C=O) groups excluding carboxylic acids is 1. The molecule has 0 bridgehead atoms. The number of carbonyl (C=O) groups is 1. The van der Waals surface area contributed by atoms with Gasteiger partial charge in [-0.3, -0.25) is 4.98 Å². The van der Waals surface area contributed by atoms with Crippen molar-refractivity contribution in [3.05, 3.63) is 90.3 Å². The van der Waals surface area contributed by atoms with Crippen molar-refractivity contribution in [1.29, 1.82) is 0 Å². The zero-order valence-electron chi connectivity index (χ0n) is 16.9. The first kappa shape index (κ1) is 21.5. The van der Waals surface area contributed by atoms with Gasteiger partial charge in [0.05, 0.1) is 4.90 Å². The Labute approximate surface area is 177 Å². The Morgan fingerprint density at radius 2 is 1.57 bits per heavy atom. The Hall–Kier alpha value is -3.19. The van der Waals surface area contributed by atoms with Crippen LogP contribution in [0, 0.1) is 5.92 Å². The number of pyridine rings is 1. The minimum atomic E-state index is -3.91. The maximum Gasteiger partial charge on any atom is 0.333 e. The van der Waals surface area contributed by atoms with E-state index in [2.05, 4.69) is 24.1 Å². The van der Waals surface area contributed by atoms with E-state index in [-0.39, 0.29) is 4.90 Å². The number of hydrogen-bond donors (Lipinski definition) is 2. The number of urea groups is 1. The van der Waals surface area contributed by atoms with E-state index in [4.69, 9.17) is 0 Å². The van der Waals surface area contributed by atoms with E-state index in [1.54, 1.807) is 42.7 Å². The zero-order chi connectivity index (χ0) is 21.6. The average Bonchev–Trinajstić information content (AvgIpc) is 2.73. The summed E-state index contributed by atoms with van der Waals surface area (Å²) in [5.41, 5.74) is 2.90. The van der Waals surface area contributed by atoms with Crippen molar-refractivity contribution in [3.63, 3.8) is 0 Å². The lowest BCUT2D eigenvalue weighted by molar-refractivity contribution is 0.256. The van der Waals surface area contributed by atoms with E-state index in [0.717, 1.165) is 12.0 Å². The van der Waals surface area contributed by atoms with Gasteiger partial charge in [0, 0.05) is 18.1 Å². The highest BCUT2D eigenvalue weighted by molar-refractivity contribution is 7.90. The lowest BCUT2D eigenvalue weighted by Gasteiger charge is -2.22. The SMILES string of the molecule is CC(C)C(Cc1ccncc1)c1ccc(NC(=O)NS(=O)(=O)c2ccccc2)cc1. The van der Waals surface area contributed by atoms with Gasteiger partial charge in [0.1, 0.15) is 0 Å². The summed E-state index contributed by atoms with van der Waals surface area (Å²) in [6, 6.07) is 18.5. The Balaban J connectivity index is 1.66. The Kier molecular flexibility index (Phi) is 6.84. The summed E-state index contributed by atoms with van der Waals surface area (Å²) in [6.07, 6.45) is 4.48. The van der Waals surface area contributed by atoms with E-state index in [0.29, 0.717) is 17.5 Å². The number of aromatic nitrogens is 1. The molecule has 1 atom stereocenters. The minimum absolute atomic E-state index is 0.0337. The van der Waals surface area contributed by atoms with Gasteiger partial charge in [-0.25, -0.2) is 17.9 Å². The molecule has 2 N–H and O–H groups in total. The lowest BCUT2D eigenvalue weighted by Crippen LogP contribution is -2.34. The van der Waals surface area contributed by atoms with E-state index >= 15 is 0 Å². The largest absolute Gasteiger partial charge is 0.333 e. The molecule has 2 amide bonds. The van der Waals surface area contributed by atoms with Crippen LogP contribution in [0.1, 0.15) is 30.9 Å². The van der Waals surface area contributed by atoms with Gasteiger partial charge in [0.25, 0.3) is 10.0 Å². The smallest absolute Gasteiger partial charge is 0.307 e. The fraction of sp³-hybridized carbons (Fsp3) is 0.217. The molecule has 0 saturated heterocycles. The fourth-order valence-corrected chi connectivity index (χ4v) is 4.19. The van der Waals surface area contributed by atoms with Crippen LogP contribution in [0.5, 0.6) is 0 Å². The normalized spacial score (nSPS) is 12.4. The first-order valence-corrected chi connectivity index (χ1v) is 11.2. The highest BCUT2D eigenvalue weighted by Gasteiger charge is 2.19. The molecule has 1 heterocycles. The number of hydrogen-bond acceptors (Lipinski definition) is 4. The van der Waals surface area contributed by atoms with Crippen LogP contribution >= 0.6 is 0 Å². The molecule has 0 radical (unpaired) electrons. The van der Waals surface area contributed by atoms with Crippen LogP contribution < -0.4 is 10.0 Å². The average molecular weight is 424 g/mol. The molecular formula is C23H25N3O3S. The van der Waals surface area contributed by atoms with Crippen LogP contribution in [0.2, 0.25) is 0 Å². The molecule has 0 aliphatic rings. The second kappa shape index (κ2) is 9.54. The molecule has 0 saturated carbocycles. The van der Waals surface area contributed by atoms with E-state index < -0.39 is 16.1 Å². The Morgan fingerprint density at radius 3 is 2.17 bits per heavy atom. The molecule has 0 aliphatic carbocycles. The van der Waals surface area contributed by atoms with Crippen LogP contribution in [-0.2, 0) is 16.4 Å². The number of rotatable bonds is 7. The standard InChI is InChI=1S/C23H25N3O3S/c1-17(2)22(16-18-12-14-24-15-13-18)19-8-10-20(11-9-19)25-23(27)26-30(28,29)21-6-4-3-5-7-21/h3-15,17,22H,16H2,1-2H3,(H2,25,26,27). The summed E-state index contributed by atoms with van der Waals surface area (Å²) in [6.45, 7) is 4.36. The van der Waals surface area contributed by atoms with E-state index in [1.165, 1.54) is 17.7 Å². The molecule has 0 spiro atoms. The van der Waals surface area contributed by atoms with Crippen LogP contribution in [0.15, 0.2) is 84.0 Å². The summed E-state index contributed by atoms with van der Waals surface area (Å²) < 4.78 is 26.5. The van der Waals surface area contributed by atoms with Crippen LogP contribution in [0.4, 0.5) is 10.5 Å². The highest BCUT2D eigenvalue weighted by atomic mass is 32.2. The molecule has 7 heteroatoms. The molecule has 0 aliphatic heterocycles. The van der Waals surface area contributed by atoms with Crippen LogP contribution in [0.3, 0.4) is 0 Å². The molecule has 1 unspecified atom stereocenters. The van der Waals surface area contributed by atoms with Gasteiger partial charge in [0.2, 0.25) is 0 Å². The topological polar surface area (TPSA) is 88.2 Å². The third kappa shape index (κ3) is 5.67. The summed E-state index contributed by atoms with van der Waals surface area (Å²) in [4.78, 5) is 16.3. The number of nitrogens with zero attached hydrogens (tertiary/aromatic N) is 1. The molecule has 3 rings (SSSR count). The third-order valence-electron chi connectivity index (χ3n) is 4.89. The van der Waals surface area contributed by atoms with Crippen molar-refractivity contribution < 1.29 is 13.2 Å². The highest BCUT2D eigenvalue weighted by Crippen LogP contribution is 2.29. The van der Waals surface area contributed by atoms with Crippen molar-refractivity contribution in [2.75, 3.05) is 5.32 Å². The molecule has 6 nitrogen and oxygen atoms in total. The van der Waals surface area contributed by atoms with Crippen molar-refractivity contribution in [2.45, 2.75) is 31.1 Å². The van der Waals surface area contributed by atoms with E-state index in [1.807, 2.05) is 29.0 Å². The fourth-order valence-electron chi connectivity index (χ4n) is 3.26. The van der Waals surface area contributed by atoms with Crippen molar-refractivity contribution >= 4 is 21.7 Å². The van der Waals surface area contributed by atoms with Gasteiger partial charge in [-0.2, -0.15) is 0 Å². The monoisotopic (exact) mass is 423 g/mol.